The summed E-state index contributed by atoms with van der Waals surface area (Å²) in [6.45, 7) is 7.77. The molecule has 0 atom stereocenters. The molecule has 0 bridgehead atoms. The van der Waals surface area contributed by atoms with Crippen LogP contribution in [0.1, 0.15) is 60.9 Å². The molecule has 2 aliphatic heterocycles. The molecule has 36 heavy (non-hydrogen) atoms. The van der Waals surface area contributed by atoms with Crippen LogP contribution in [0.2, 0.25) is 0 Å². The van der Waals surface area contributed by atoms with Crippen LogP contribution in [0.5, 0.6) is 5.75 Å². The van der Waals surface area contributed by atoms with Crippen LogP contribution in [0.25, 0.3) is 11.5 Å². The molecular formula is C27H32N6O3. The summed E-state index contributed by atoms with van der Waals surface area (Å²) in [6.07, 6.45) is 3.85. The number of fused-ring (bicyclic) bond motifs is 2. The number of ether oxygens (including phenoxy) is 1. The van der Waals surface area contributed by atoms with E-state index < -0.39 is 5.41 Å². The maximum atomic E-state index is 13.3. The zero-order chi connectivity index (χ0) is 25.4. The van der Waals surface area contributed by atoms with Crippen molar-refractivity contribution in [2.75, 3.05) is 19.0 Å². The second kappa shape index (κ2) is 9.37. The summed E-state index contributed by atoms with van der Waals surface area (Å²) in [6, 6.07) is 9.23. The Morgan fingerprint density at radius 1 is 1.03 bits per heavy atom. The standard InChI is InChI=1S/C27H32N6O3/c1-27(2,3)26(35)32-13-11-17-15-21(36-4)19(14-18(17)16-32)25(34)29-22-9-7-8-20(28-22)24-31-30-23-10-5-6-12-33(23)24/h7-9,14-15H,5-6,10-13,16H2,1-4H3,(H,28,29,34). The van der Waals surface area contributed by atoms with Crippen LogP contribution in [-0.2, 0) is 30.7 Å². The lowest BCUT2D eigenvalue weighted by atomic mass is 9.91. The second-order valence-electron chi connectivity index (χ2n) is 10.5. The van der Waals surface area contributed by atoms with Gasteiger partial charge in [0.2, 0.25) is 5.91 Å². The minimum atomic E-state index is -0.454. The molecule has 4 heterocycles. The Morgan fingerprint density at radius 3 is 2.64 bits per heavy atom. The first-order chi connectivity index (χ1) is 17.2. The predicted octanol–water partition coefficient (Wildman–Crippen LogP) is 3.87. The summed E-state index contributed by atoms with van der Waals surface area (Å²) in [4.78, 5) is 32.7. The molecule has 2 aromatic heterocycles. The van der Waals surface area contributed by atoms with Gasteiger partial charge in [-0.3, -0.25) is 9.59 Å². The van der Waals surface area contributed by atoms with Crippen molar-refractivity contribution in [2.45, 2.75) is 59.5 Å². The van der Waals surface area contributed by atoms with Crippen LogP contribution in [0.4, 0.5) is 5.82 Å². The fourth-order valence-electron chi connectivity index (χ4n) is 4.89. The molecule has 0 aliphatic carbocycles. The highest BCUT2D eigenvalue weighted by molar-refractivity contribution is 6.06. The Labute approximate surface area is 210 Å². The number of pyridine rings is 1. The maximum absolute atomic E-state index is 13.3. The molecule has 188 valence electrons. The van der Waals surface area contributed by atoms with E-state index in [9.17, 15) is 9.59 Å². The smallest absolute Gasteiger partial charge is 0.260 e. The number of hydrogen-bond donors (Lipinski definition) is 1. The topological polar surface area (TPSA) is 102 Å². The molecule has 3 aromatic rings. The first-order valence-electron chi connectivity index (χ1n) is 12.4. The molecule has 0 saturated heterocycles. The summed E-state index contributed by atoms with van der Waals surface area (Å²) < 4.78 is 7.67. The molecule has 9 heteroatoms. The van der Waals surface area contributed by atoms with Crippen molar-refractivity contribution in [1.29, 1.82) is 0 Å². The van der Waals surface area contributed by atoms with Gasteiger partial charge < -0.3 is 19.5 Å². The van der Waals surface area contributed by atoms with E-state index in [1.807, 2.05) is 49.9 Å². The van der Waals surface area contributed by atoms with Crippen molar-refractivity contribution in [1.82, 2.24) is 24.6 Å². The number of hydrogen-bond acceptors (Lipinski definition) is 6. The summed E-state index contributed by atoms with van der Waals surface area (Å²) in [7, 11) is 1.56. The van der Waals surface area contributed by atoms with Crippen molar-refractivity contribution in [3.05, 3.63) is 52.8 Å². The SMILES string of the molecule is COc1cc2c(cc1C(=O)Nc1cccc(-c3nnc4n3CCCC4)n1)CN(C(=O)C(C)(C)C)CC2. The monoisotopic (exact) mass is 488 g/mol. The van der Waals surface area contributed by atoms with Gasteiger partial charge in [0.05, 0.1) is 12.7 Å². The van der Waals surface area contributed by atoms with E-state index in [0.29, 0.717) is 35.9 Å². The van der Waals surface area contributed by atoms with Crippen molar-refractivity contribution in [3.8, 4) is 17.3 Å². The number of aryl methyl sites for hydroxylation is 1. The van der Waals surface area contributed by atoms with Crippen LogP contribution >= 0.6 is 0 Å². The molecule has 0 fully saturated rings. The molecule has 9 nitrogen and oxygen atoms in total. The maximum Gasteiger partial charge on any atom is 0.260 e. The van der Waals surface area contributed by atoms with Crippen LogP contribution in [0.3, 0.4) is 0 Å². The third-order valence-electron chi connectivity index (χ3n) is 6.79. The lowest BCUT2D eigenvalue weighted by molar-refractivity contribution is -0.140. The number of carbonyl (C=O) groups excluding carboxylic acids is 2. The van der Waals surface area contributed by atoms with E-state index in [0.717, 1.165) is 55.0 Å². The van der Waals surface area contributed by atoms with Gasteiger partial charge in [-0.05, 0) is 54.7 Å². The number of amides is 2. The number of nitrogens with zero attached hydrogens (tertiary/aromatic N) is 5. The number of nitrogens with one attached hydrogen (secondary N) is 1. The fourth-order valence-corrected chi connectivity index (χ4v) is 4.89. The fraction of sp³-hybridized carbons (Fsp3) is 0.444. The van der Waals surface area contributed by atoms with Gasteiger partial charge in [0, 0.05) is 31.5 Å². The van der Waals surface area contributed by atoms with Gasteiger partial charge in [0.15, 0.2) is 5.82 Å². The molecule has 1 aromatic carbocycles. The zero-order valence-corrected chi connectivity index (χ0v) is 21.3. The van der Waals surface area contributed by atoms with Crippen molar-refractivity contribution in [3.63, 3.8) is 0 Å². The molecule has 0 saturated carbocycles. The Balaban J connectivity index is 1.39. The molecule has 2 aliphatic rings. The highest BCUT2D eigenvalue weighted by Gasteiger charge is 2.30. The van der Waals surface area contributed by atoms with Gasteiger partial charge in [-0.1, -0.05) is 26.8 Å². The van der Waals surface area contributed by atoms with Gasteiger partial charge in [0.25, 0.3) is 5.91 Å². The van der Waals surface area contributed by atoms with Gasteiger partial charge in [0.1, 0.15) is 23.1 Å². The van der Waals surface area contributed by atoms with Gasteiger partial charge in [-0.2, -0.15) is 0 Å². The number of anilines is 1. The first-order valence-corrected chi connectivity index (χ1v) is 12.4. The Kier molecular flexibility index (Phi) is 6.24. The number of aromatic nitrogens is 4. The minimum absolute atomic E-state index is 0.103. The Hall–Kier alpha value is -3.75. The molecular weight excluding hydrogens is 456 g/mol. The second-order valence-corrected chi connectivity index (χ2v) is 10.5. The van der Waals surface area contributed by atoms with Crippen LogP contribution in [-0.4, -0.2) is 50.1 Å². The Bertz CT molecular complexity index is 1320. The number of methoxy groups -OCH3 is 1. The van der Waals surface area contributed by atoms with Gasteiger partial charge >= 0.3 is 0 Å². The first kappa shape index (κ1) is 24.0. The van der Waals surface area contributed by atoms with Crippen molar-refractivity contribution >= 4 is 17.6 Å². The summed E-state index contributed by atoms with van der Waals surface area (Å²) in [5.41, 5.74) is 2.68. The highest BCUT2D eigenvalue weighted by Crippen LogP contribution is 2.31. The van der Waals surface area contributed by atoms with E-state index >= 15 is 0 Å². The lowest BCUT2D eigenvalue weighted by Gasteiger charge is -2.34. The third kappa shape index (κ3) is 4.57. The molecule has 2 amide bonds. The number of rotatable bonds is 4. The number of carbonyl (C=O) groups is 2. The molecule has 0 unspecified atom stereocenters. The van der Waals surface area contributed by atoms with E-state index in [1.54, 1.807) is 13.2 Å². The average molecular weight is 489 g/mol. The number of benzene rings is 1. The quantitative estimate of drug-likeness (QED) is 0.598. The largest absolute Gasteiger partial charge is 0.496 e. The summed E-state index contributed by atoms with van der Waals surface area (Å²) in [5, 5.41) is 11.6. The van der Waals surface area contributed by atoms with Crippen molar-refractivity contribution < 1.29 is 14.3 Å². The molecule has 5 rings (SSSR count). The predicted molar refractivity (Wildman–Crippen MR) is 136 cm³/mol. The van der Waals surface area contributed by atoms with E-state index in [1.165, 1.54) is 0 Å². The molecule has 0 radical (unpaired) electrons. The molecule has 0 spiro atoms. The van der Waals surface area contributed by atoms with Crippen LogP contribution in [0, 0.1) is 5.41 Å². The average Bonchev–Trinajstić information content (AvgIpc) is 3.31. The van der Waals surface area contributed by atoms with E-state index in [2.05, 4.69) is 25.1 Å². The van der Waals surface area contributed by atoms with Crippen molar-refractivity contribution in [2.24, 2.45) is 5.41 Å². The third-order valence-corrected chi connectivity index (χ3v) is 6.79. The van der Waals surface area contributed by atoms with Crippen LogP contribution < -0.4 is 10.1 Å². The van der Waals surface area contributed by atoms with Crippen LogP contribution in [0.15, 0.2) is 30.3 Å². The van der Waals surface area contributed by atoms with E-state index in [-0.39, 0.29) is 11.8 Å². The summed E-state index contributed by atoms with van der Waals surface area (Å²) in [5.74, 6) is 2.41. The zero-order valence-electron chi connectivity index (χ0n) is 21.3. The molecule has 1 N–H and O–H groups in total. The lowest BCUT2D eigenvalue weighted by Crippen LogP contribution is -2.42. The van der Waals surface area contributed by atoms with E-state index in [4.69, 9.17) is 4.74 Å². The summed E-state index contributed by atoms with van der Waals surface area (Å²) >= 11 is 0. The Morgan fingerprint density at radius 2 is 1.86 bits per heavy atom. The minimum Gasteiger partial charge on any atom is -0.496 e. The highest BCUT2D eigenvalue weighted by atomic mass is 16.5. The normalized spacial score (nSPS) is 15.2. The van der Waals surface area contributed by atoms with Gasteiger partial charge in [-0.15, -0.1) is 10.2 Å². The van der Waals surface area contributed by atoms with Gasteiger partial charge in [-0.25, -0.2) is 4.98 Å².